The van der Waals surface area contributed by atoms with Gasteiger partial charge in [-0.05, 0) is 25.5 Å². The lowest BCUT2D eigenvalue weighted by Crippen LogP contribution is -2.14. The summed E-state index contributed by atoms with van der Waals surface area (Å²) >= 11 is 19.0. The Bertz CT molecular complexity index is 713. The number of nitrogens with zero attached hydrogens (tertiary/aromatic N) is 1. The van der Waals surface area contributed by atoms with Gasteiger partial charge in [-0.2, -0.15) is 0 Å². The second kappa shape index (κ2) is 7.32. The van der Waals surface area contributed by atoms with Crippen molar-refractivity contribution in [1.29, 1.82) is 0 Å². The third kappa shape index (κ3) is 4.35. The first-order valence-corrected chi connectivity index (χ1v) is 8.91. The monoisotopic (exact) mass is 451 g/mol. The normalized spacial score (nSPS) is 11.1. The van der Waals surface area contributed by atoms with Gasteiger partial charge in [0.15, 0.2) is 5.43 Å². The lowest BCUT2D eigenvalue weighted by Gasteiger charge is -2.12. The van der Waals surface area contributed by atoms with E-state index in [1.165, 1.54) is 0 Å². The van der Waals surface area contributed by atoms with Gasteiger partial charge in [-0.15, -0.1) is 0 Å². The van der Waals surface area contributed by atoms with Crippen LogP contribution >= 0.6 is 55.1 Å². The van der Waals surface area contributed by atoms with Gasteiger partial charge in [-0.1, -0.05) is 61.1 Å². The van der Waals surface area contributed by atoms with Crippen molar-refractivity contribution in [3.05, 3.63) is 56.4 Å². The van der Waals surface area contributed by atoms with Crippen molar-refractivity contribution in [3.63, 3.8) is 0 Å². The zero-order valence-corrected chi connectivity index (χ0v) is 15.9. The van der Waals surface area contributed by atoms with Crippen molar-refractivity contribution in [2.45, 2.75) is 23.6 Å². The zero-order valence-electron chi connectivity index (χ0n) is 11.2. The Morgan fingerprint density at radius 1 is 1.19 bits per heavy atom. The maximum atomic E-state index is 12.4. The highest BCUT2D eigenvalue weighted by Gasteiger charge is 2.11. The van der Waals surface area contributed by atoms with Gasteiger partial charge in [0.25, 0.3) is 0 Å². The summed E-state index contributed by atoms with van der Waals surface area (Å²) in [6, 6.07) is 5.17. The Balaban J connectivity index is 2.49. The van der Waals surface area contributed by atoms with Crippen molar-refractivity contribution >= 4 is 55.1 Å². The van der Waals surface area contributed by atoms with E-state index < -0.39 is 0 Å². The summed E-state index contributed by atoms with van der Waals surface area (Å²) in [6.45, 7) is 2.60. The Labute approximate surface area is 150 Å². The molecule has 0 N–H and O–H groups in total. The molecule has 0 spiro atoms. The van der Waals surface area contributed by atoms with Crippen molar-refractivity contribution in [3.8, 4) is 11.1 Å². The van der Waals surface area contributed by atoms with Crippen LogP contribution in [0.25, 0.3) is 11.1 Å². The fourth-order valence-corrected chi connectivity index (χ4v) is 2.98. The zero-order chi connectivity index (χ0) is 15.6. The van der Waals surface area contributed by atoms with E-state index in [1.807, 2.05) is 23.9 Å². The van der Waals surface area contributed by atoms with Gasteiger partial charge >= 0.3 is 0 Å². The van der Waals surface area contributed by atoms with Crippen LogP contribution in [0.1, 0.15) is 12.0 Å². The molecule has 0 saturated heterocycles. The lowest BCUT2D eigenvalue weighted by molar-refractivity contribution is 0.671. The van der Waals surface area contributed by atoms with Crippen LogP contribution in [0, 0.1) is 6.92 Å². The molecule has 0 aliphatic rings. The molecule has 0 fully saturated rings. The smallest absolute Gasteiger partial charge is 0.192 e. The summed E-state index contributed by atoms with van der Waals surface area (Å²) < 4.78 is 2.25. The number of aryl methyl sites for hydroxylation is 2. The van der Waals surface area contributed by atoms with Crippen molar-refractivity contribution in [2.24, 2.45) is 0 Å². The maximum absolute atomic E-state index is 12.4. The van der Waals surface area contributed by atoms with Crippen LogP contribution in [-0.4, -0.2) is 8.30 Å². The molecule has 6 heteroatoms. The molecular formula is C15H13Br2Cl2NO. The molecule has 0 bridgehead atoms. The molecular weight excluding hydrogens is 441 g/mol. The van der Waals surface area contributed by atoms with Crippen LogP contribution in [0.5, 0.6) is 0 Å². The quantitative estimate of drug-likeness (QED) is 0.549. The first-order chi connectivity index (χ1) is 9.88. The fraction of sp³-hybridized carbons (Fsp3) is 0.267. The molecule has 0 radical (unpaired) electrons. The third-order valence-corrected chi connectivity index (χ3v) is 4.55. The van der Waals surface area contributed by atoms with Crippen molar-refractivity contribution in [2.75, 3.05) is 0 Å². The minimum absolute atomic E-state index is 0.00953. The number of benzene rings is 1. The predicted octanol–water partition coefficient (Wildman–Crippen LogP) is 5.64. The summed E-state index contributed by atoms with van der Waals surface area (Å²) in [4.78, 5) is 12.4. The molecule has 2 nitrogen and oxygen atoms in total. The van der Waals surface area contributed by atoms with Gasteiger partial charge in [0.2, 0.25) is 0 Å². The van der Waals surface area contributed by atoms with E-state index in [2.05, 4.69) is 31.9 Å². The summed E-state index contributed by atoms with van der Waals surface area (Å²) in [5, 5.41) is 1.04. The highest BCUT2D eigenvalue weighted by molar-refractivity contribution is 9.24. The van der Waals surface area contributed by atoms with Gasteiger partial charge in [0, 0.05) is 40.7 Å². The largest absolute Gasteiger partial charge is 0.353 e. The van der Waals surface area contributed by atoms with Crippen molar-refractivity contribution < 1.29 is 0 Å². The summed E-state index contributed by atoms with van der Waals surface area (Å²) in [6.07, 6.45) is 4.60. The molecule has 0 aliphatic heterocycles. The Morgan fingerprint density at radius 3 is 2.52 bits per heavy atom. The van der Waals surface area contributed by atoms with Gasteiger partial charge in [0.1, 0.15) is 0 Å². The molecule has 0 atom stereocenters. The average molecular weight is 454 g/mol. The number of alkyl halides is 2. The summed E-state index contributed by atoms with van der Waals surface area (Å²) in [7, 11) is 0. The van der Waals surface area contributed by atoms with Crippen LogP contribution in [0.3, 0.4) is 0 Å². The van der Waals surface area contributed by atoms with Crippen LogP contribution in [-0.2, 0) is 6.54 Å². The molecule has 21 heavy (non-hydrogen) atoms. The second-order valence-electron chi connectivity index (χ2n) is 4.73. The molecule has 0 aliphatic carbocycles. The molecule has 1 aromatic carbocycles. The predicted molar refractivity (Wildman–Crippen MR) is 97.2 cm³/mol. The van der Waals surface area contributed by atoms with E-state index in [9.17, 15) is 4.79 Å². The molecule has 2 rings (SSSR count). The minimum Gasteiger partial charge on any atom is -0.353 e. The van der Waals surface area contributed by atoms with E-state index >= 15 is 0 Å². The number of rotatable bonds is 4. The van der Waals surface area contributed by atoms with E-state index in [0.717, 1.165) is 13.0 Å². The van der Waals surface area contributed by atoms with E-state index in [0.29, 0.717) is 26.7 Å². The van der Waals surface area contributed by atoms with Gasteiger partial charge in [-0.25, -0.2) is 0 Å². The van der Waals surface area contributed by atoms with E-state index in [-0.39, 0.29) is 9.17 Å². The fourth-order valence-electron chi connectivity index (χ4n) is 2.06. The summed E-state index contributed by atoms with van der Waals surface area (Å²) in [5.41, 5.74) is 1.99. The molecule has 1 aromatic heterocycles. The standard InChI is InChI=1S/C15H13Br2Cl2NO/c1-9-7-20(5-4-14(16)17)8-12(15(9)21)11-3-2-10(18)6-13(11)19/h2-3,6-8,14H,4-5H2,1H3. The number of aromatic nitrogens is 1. The second-order valence-corrected chi connectivity index (χ2v) is 9.01. The van der Waals surface area contributed by atoms with Gasteiger partial charge in [0.05, 0.1) is 8.76 Å². The highest BCUT2D eigenvalue weighted by Crippen LogP contribution is 2.28. The Morgan fingerprint density at radius 2 is 1.90 bits per heavy atom. The molecule has 0 saturated carbocycles. The average Bonchev–Trinajstić information content (AvgIpc) is 2.40. The van der Waals surface area contributed by atoms with E-state index in [4.69, 9.17) is 23.2 Å². The molecule has 0 amide bonds. The van der Waals surface area contributed by atoms with Crippen LogP contribution in [0.2, 0.25) is 10.0 Å². The third-order valence-electron chi connectivity index (χ3n) is 3.08. The number of hydrogen-bond donors (Lipinski definition) is 0. The number of halogens is 4. The Hall–Kier alpha value is -0.290. The maximum Gasteiger partial charge on any atom is 0.192 e. The van der Waals surface area contributed by atoms with Crippen LogP contribution < -0.4 is 5.43 Å². The molecule has 1 heterocycles. The van der Waals surface area contributed by atoms with Gasteiger partial charge < -0.3 is 4.57 Å². The van der Waals surface area contributed by atoms with Crippen LogP contribution in [0.4, 0.5) is 0 Å². The minimum atomic E-state index is -0.00953. The topological polar surface area (TPSA) is 22.0 Å². The number of pyridine rings is 1. The van der Waals surface area contributed by atoms with E-state index in [1.54, 1.807) is 18.2 Å². The first-order valence-electron chi connectivity index (χ1n) is 6.32. The first kappa shape index (κ1) is 17.1. The summed E-state index contributed by atoms with van der Waals surface area (Å²) in [5.74, 6) is 0. The van der Waals surface area contributed by atoms with Gasteiger partial charge in [-0.3, -0.25) is 4.79 Å². The highest BCUT2D eigenvalue weighted by atomic mass is 79.9. The van der Waals surface area contributed by atoms with Crippen LogP contribution in [0.15, 0.2) is 35.4 Å². The molecule has 2 aromatic rings. The molecule has 0 unspecified atom stereocenters. The van der Waals surface area contributed by atoms with Crippen molar-refractivity contribution in [1.82, 2.24) is 4.57 Å². The SMILES string of the molecule is Cc1cn(CCC(Br)Br)cc(-c2ccc(Cl)cc2Cl)c1=O. The Kier molecular flexibility index (Phi) is 5.95. The number of hydrogen-bond acceptors (Lipinski definition) is 1. The molecule has 112 valence electrons. The lowest BCUT2D eigenvalue weighted by atomic mass is 10.1.